The number of hydrogen-bond donors (Lipinski definition) is 1. The first-order valence-electron chi connectivity index (χ1n) is 5.49. The van der Waals surface area contributed by atoms with E-state index < -0.39 is 0 Å². The molecular weight excluding hydrogens is 192 g/mol. The van der Waals surface area contributed by atoms with Crippen molar-refractivity contribution in [3.8, 4) is 0 Å². The van der Waals surface area contributed by atoms with Crippen molar-refractivity contribution in [1.29, 1.82) is 0 Å². The fourth-order valence-electron chi connectivity index (χ4n) is 1.44. The van der Waals surface area contributed by atoms with E-state index >= 15 is 0 Å². The highest BCUT2D eigenvalue weighted by molar-refractivity contribution is 5.78. The Morgan fingerprint density at radius 1 is 1.53 bits per heavy atom. The van der Waals surface area contributed by atoms with Gasteiger partial charge in [-0.25, -0.2) is 0 Å². The van der Waals surface area contributed by atoms with Crippen LogP contribution in [0, 0.1) is 5.41 Å². The molecule has 0 aromatic heterocycles. The topological polar surface area (TPSA) is 41.6 Å². The molecular formula is C11H22N2O2. The van der Waals surface area contributed by atoms with Crippen LogP contribution in [0.5, 0.6) is 0 Å². The standard InChI is InChI=1S/C11H22N2O2/c1-9(2)13(4)10(14)5-12-6-11(3)7-15-8-11/h9,12H,5-8H2,1-4H3. The van der Waals surface area contributed by atoms with Gasteiger partial charge in [-0.1, -0.05) is 6.92 Å². The average Bonchev–Trinajstić information content (AvgIpc) is 2.13. The number of amides is 1. The van der Waals surface area contributed by atoms with Gasteiger partial charge in [0.2, 0.25) is 5.91 Å². The summed E-state index contributed by atoms with van der Waals surface area (Å²) in [7, 11) is 1.84. The molecule has 88 valence electrons. The molecule has 0 aliphatic carbocycles. The molecule has 1 saturated heterocycles. The summed E-state index contributed by atoms with van der Waals surface area (Å²) in [5.74, 6) is 0.147. The van der Waals surface area contributed by atoms with Crippen molar-refractivity contribution >= 4 is 5.91 Å². The fraction of sp³-hybridized carbons (Fsp3) is 0.909. The van der Waals surface area contributed by atoms with E-state index in [1.165, 1.54) is 0 Å². The summed E-state index contributed by atoms with van der Waals surface area (Å²) in [5, 5.41) is 3.19. The van der Waals surface area contributed by atoms with Crippen LogP contribution in [-0.2, 0) is 9.53 Å². The largest absolute Gasteiger partial charge is 0.380 e. The zero-order chi connectivity index (χ0) is 11.5. The van der Waals surface area contributed by atoms with Gasteiger partial charge in [-0.15, -0.1) is 0 Å². The lowest BCUT2D eigenvalue weighted by Gasteiger charge is -2.38. The third-order valence-electron chi connectivity index (χ3n) is 2.90. The zero-order valence-corrected chi connectivity index (χ0v) is 10.2. The predicted molar refractivity (Wildman–Crippen MR) is 59.7 cm³/mol. The number of nitrogens with zero attached hydrogens (tertiary/aromatic N) is 1. The summed E-state index contributed by atoms with van der Waals surface area (Å²) in [6.45, 7) is 9.06. The summed E-state index contributed by atoms with van der Waals surface area (Å²) in [4.78, 5) is 13.4. The molecule has 0 atom stereocenters. The maximum atomic E-state index is 11.6. The number of nitrogens with one attached hydrogen (secondary N) is 1. The quantitative estimate of drug-likeness (QED) is 0.724. The Hall–Kier alpha value is -0.610. The normalized spacial score (nSPS) is 18.7. The molecule has 0 radical (unpaired) electrons. The molecule has 1 fully saturated rings. The van der Waals surface area contributed by atoms with Crippen LogP contribution in [0.25, 0.3) is 0 Å². The van der Waals surface area contributed by atoms with Gasteiger partial charge in [0, 0.05) is 25.0 Å². The number of carbonyl (C=O) groups is 1. The van der Waals surface area contributed by atoms with Gasteiger partial charge in [0.1, 0.15) is 0 Å². The van der Waals surface area contributed by atoms with Crippen molar-refractivity contribution in [3.63, 3.8) is 0 Å². The highest BCUT2D eigenvalue weighted by Gasteiger charge is 2.32. The molecule has 0 bridgehead atoms. The Bertz CT molecular complexity index is 225. The molecule has 0 saturated carbocycles. The van der Waals surface area contributed by atoms with E-state index in [1.807, 2.05) is 20.9 Å². The monoisotopic (exact) mass is 214 g/mol. The molecule has 0 unspecified atom stereocenters. The molecule has 1 rings (SSSR count). The van der Waals surface area contributed by atoms with Crippen molar-refractivity contribution in [2.75, 3.05) is 33.4 Å². The van der Waals surface area contributed by atoms with E-state index in [1.54, 1.807) is 4.90 Å². The van der Waals surface area contributed by atoms with Gasteiger partial charge < -0.3 is 15.0 Å². The van der Waals surface area contributed by atoms with Crippen LogP contribution in [0.2, 0.25) is 0 Å². The molecule has 0 aromatic rings. The van der Waals surface area contributed by atoms with Crippen molar-refractivity contribution in [3.05, 3.63) is 0 Å². The lowest BCUT2D eigenvalue weighted by molar-refractivity contribution is -0.131. The Morgan fingerprint density at radius 3 is 2.53 bits per heavy atom. The lowest BCUT2D eigenvalue weighted by atomic mass is 9.89. The minimum atomic E-state index is 0.147. The first-order valence-corrected chi connectivity index (χ1v) is 5.49. The smallest absolute Gasteiger partial charge is 0.236 e. The first-order chi connectivity index (χ1) is 6.94. The van der Waals surface area contributed by atoms with E-state index in [2.05, 4.69) is 12.2 Å². The molecule has 1 amide bonds. The Kier molecular flexibility index (Phi) is 4.11. The van der Waals surface area contributed by atoms with E-state index in [0.717, 1.165) is 19.8 Å². The van der Waals surface area contributed by atoms with Gasteiger partial charge >= 0.3 is 0 Å². The fourth-order valence-corrected chi connectivity index (χ4v) is 1.44. The number of rotatable bonds is 5. The van der Waals surface area contributed by atoms with Crippen molar-refractivity contribution in [2.45, 2.75) is 26.8 Å². The third kappa shape index (κ3) is 3.47. The van der Waals surface area contributed by atoms with Crippen molar-refractivity contribution in [1.82, 2.24) is 10.2 Å². The molecule has 0 aromatic carbocycles. The van der Waals surface area contributed by atoms with Crippen molar-refractivity contribution < 1.29 is 9.53 Å². The Morgan fingerprint density at radius 2 is 2.13 bits per heavy atom. The van der Waals surface area contributed by atoms with Crippen LogP contribution < -0.4 is 5.32 Å². The average molecular weight is 214 g/mol. The van der Waals surface area contributed by atoms with E-state index in [0.29, 0.717) is 6.54 Å². The van der Waals surface area contributed by atoms with Crippen LogP contribution in [0.4, 0.5) is 0 Å². The number of hydrogen-bond acceptors (Lipinski definition) is 3. The number of carbonyl (C=O) groups excluding carboxylic acids is 1. The molecule has 4 heteroatoms. The highest BCUT2D eigenvalue weighted by Crippen LogP contribution is 2.24. The molecule has 0 spiro atoms. The molecule has 15 heavy (non-hydrogen) atoms. The van der Waals surface area contributed by atoms with Gasteiger partial charge in [0.05, 0.1) is 19.8 Å². The molecule has 1 heterocycles. The van der Waals surface area contributed by atoms with Gasteiger partial charge in [0.25, 0.3) is 0 Å². The molecule has 1 N–H and O–H groups in total. The second-order valence-electron chi connectivity index (χ2n) is 5.01. The Balaban J connectivity index is 2.17. The van der Waals surface area contributed by atoms with Crippen molar-refractivity contribution in [2.24, 2.45) is 5.41 Å². The van der Waals surface area contributed by atoms with Gasteiger partial charge in [-0.05, 0) is 13.8 Å². The summed E-state index contributed by atoms with van der Waals surface area (Å²) in [5.41, 5.74) is 0.233. The number of ether oxygens (including phenoxy) is 1. The van der Waals surface area contributed by atoms with E-state index in [9.17, 15) is 4.79 Å². The second-order valence-corrected chi connectivity index (χ2v) is 5.01. The summed E-state index contributed by atoms with van der Waals surface area (Å²) in [6, 6.07) is 0.266. The van der Waals surface area contributed by atoms with Crippen LogP contribution in [0.3, 0.4) is 0 Å². The minimum Gasteiger partial charge on any atom is -0.380 e. The van der Waals surface area contributed by atoms with Gasteiger partial charge in [-0.3, -0.25) is 4.79 Å². The highest BCUT2D eigenvalue weighted by atomic mass is 16.5. The minimum absolute atomic E-state index is 0.147. The summed E-state index contributed by atoms with van der Waals surface area (Å²) < 4.78 is 5.15. The second kappa shape index (κ2) is 4.94. The van der Waals surface area contributed by atoms with E-state index in [4.69, 9.17) is 4.74 Å². The summed E-state index contributed by atoms with van der Waals surface area (Å²) in [6.07, 6.45) is 0. The maximum Gasteiger partial charge on any atom is 0.236 e. The maximum absolute atomic E-state index is 11.6. The Labute approximate surface area is 92.0 Å². The zero-order valence-electron chi connectivity index (χ0n) is 10.2. The van der Waals surface area contributed by atoms with Crippen LogP contribution in [0.1, 0.15) is 20.8 Å². The van der Waals surface area contributed by atoms with Gasteiger partial charge in [0.15, 0.2) is 0 Å². The van der Waals surface area contributed by atoms with Crippen LogP contribution in [-0.4, -0.2) is 50.2 Å². The lowest BCUT2D eigenvalue weighted by Crippen LogP contribution is -2.49. The molecule has 1 aliphatic heterocycles. The molecule has 1 aliphatic rings. The van der Waals surface area contributed by atoms with Crippen LogP contribution in [0.15, 0.2) is 0 Å². The van der Waals surface area contributed by atoms with E-state index in [-0.39, 0.29) is 17.4 Å². The van der Waals surface area contributed by atoms with Gasteiger partial charge in [-0.2, -0.15) is 0 Å². The van der Waals surface area contributed by atoms with Crippen LogP contribution >= 0.6 is 0 Å². The SMILES string of the molecule is CC(C)N(C)C(=O)CNCC1(C)COC1. The number of likely N-dealkylation sites (N-methyl/N-ethyl adjacent to an activating group) is 1. The summed E-state index contributed by atoms with van der Waals surface area (Å²) >= 11 is 0. The first kappa shape index (κ1) is 12.5. The predicted octanol–water partition coefficient (Wildman–Crippen LogP) is 0.479. The third-order valence-corrected chi connectivity index (χ3v) is 2.90. The molecule has 4 nitrogen and oxygen atoms in total.